The van der Waals surface area contributed by atoms with E-state index in [4.69, 9.17) is 14.2 Å². The third kappa shape index (κ3) is 6.80. The first-order valence-corrected chi connectivity index (χ1v) is 9.93. The molecule has 0 radical (unpaired) electrons. The highest BCUT2D eigenvalue weighted by molar-refractivity contribution is 14.0. The summed E-state index contributed by atoms with van der Waals surface area (Å²) in [6.07, 6.45) is 0.745. The van der Waals surface area contributed by atoms with Crippen LogP contribution in [0, 0.1) is 5.92 Å². The van der Waals surface area contributed by atoms with Gasteiger partial charge in [-0.1, -0.05) is 6.92 Å². The quantitative estimate of drug-likeness (QED) is 0.312. The number of rotatable bonds is 8. The smallest absolute Gasteiger partial charge is 0.191 e. The van der Waals surface area contributed by atoms with Crippen LogP contribution in [0.15, 0.2) is 17.1 Å². The third-order valence-corrected chi connectivity index (χ3v) is 5.40. The summed E-state index contributed by atoms with van der Waals surface area (Å²) in [7, 11) is 6.76. The van der Waals surface area contributed by atoms with Crippen LogP contribution in [0.2, 0.25) is 0 Å². The Bertz CT molecular complexity index is 644. The minimum Gasteiger partial charge on any atom is -0.496 e. The second-order valence-electron chi connectivity index (χ2n) is 7.54. The van der Waals surface area contributed by atoms with Gasteiger partial charge in [0, 0.05) is 56.5 Å². The van der Waals surface area contributed by atoms with Crippen LogP contribution in [-0.2, 0) is 6.42 Å². The van der Waals surface area contributed by atoms with Crippen molar-refractivity contribution in [2.45, 2.75) is 39.3 Å². The fourth-order valence-electron chi connectivity index (χ4n) is 3.61. The summed E-state index contributed by atoms with van der Waals surface area (Å²) in [6, 6.07) is 4.73. The fourth-order valence-corrected chi connectivity index (χ4v) is 3.61. The van der Waals surface area contributed by atoms with Gasteiger partial charge in [0.05, 0.1) is 21.3 Å². The average Bonchev–Trinajstić information content (AvgIpc) is 3.07. The first kappa shape index (κ1) is 25.6. The van der Waals surface area contributed by atoms with E-state index in [0.29, 0.717) is 30.3 Å². The maximum Gasteiger partial charge on any atom is 0.191 e. The maximum absolute atomic E-state index is 5.53. The molecule has 29 heavy (non-hydrogen) atoms. The second-order valence-corrected chi connectivity index (χ2v) is 7.54. The zero-order valence-corrected chi connectivity index (χ0v) is 21.1. The fraction of sp³-hybridized carbons (Fsp3) is 0.667. The van der Waals surface area contributed by atoms with Gasteiger partial charge in [0.15, 0.2) is 5.96 Å². The van der Waals surface area contributed by atoms with Crippen molar-refractivity contribution >= 4 is 29.9 Å². The first-order valence-electron chi connectivity index (χ1n) is 9.93. The van der Waals surface area contributed by atoms with Crippen LogP contribution in [-0.4, -0.2) is 71.0 Å². The van der Waals surface area contributed by atoms with E-state index in [9.17, 15) is 0 Å². The number of guanidine groups is 1. The number of likely N-dealkylation sites (tertiary alicyclic amines) is 1. The van der Waals surface area contributed by atoms with Crippen LogP contribution >= 0.6 is 24.0 Å². The Labute approximate surface area is 192 Å². The Kier molecular flexibility index (Phi) is 10.9. The number of nitrogens with one attached hydrogen (secondary N) is 2. The Morgan fingerprint density at radius 2 is 1.76 bits per heavy atom. The van der Waals surface area contributed by atoms with Crippen molar-refractivity contribution in [3.8, 4) is 17.2 Å². The van der Waals surface area contributed by atoms with Gasteiger partial charge in [-0.3, -0.25) is 9.89 Å². The van der Waals surface area contributed by atoms with E-state index in [2.05, 4.69) is 41.3 Å². The molecule has 1 aromatic carbocycles. The Balaban J connectivity index is 0.00000420. The Morgan fingerprint density at radius 1 is 1.14 bits per heavy atom. The SMILES string of the molecule is CN=C(NCCc1c(OC)cc(OC)cc1OC)NC1CN(C(C)C)CC1C.I. The molecule has 2 unspecified atom stereocenters. The minimum absolute atomic E-state index is 0. The van der Waals surface area contributed by atoms with Gasteiger partial charge in [-0.05, 0) is 26.2 Å². The van der Waals surface area contributed by atoms with Gasteiger partial charge < -0.3 is 24.8 Å². The molecule has 0 bridgehead atoms. The monoisotopic (exact) mass is 520 g/mol. The minimum atomic E-state index is 0. The van der Waals surface area contributed by atoms with Gasteiger partial charge in [-0.2, -0.15) is 0 Å². The normalized spacial score (nSPS) is 19.7. The van der Waals surface area contributed by atoms with Gasteiger partial charge >= 0.3 is 0 Å². The summed E-state index contributed by atoms with van der Waals surface area (Å²) < 4.78 is 16.4. The number of nitrogens with zero attached hydrogens (tertiary/aromatic N) is 2. The largest absolute Gasteiger partial charge is 0.496 e. The molecule has 2 N–H and O–H groups in total. The van der Waals surface area contributed by atoms with Crippen LogP contribution < -0.4 is 24.8 Å². The van der Waals surface area contributed by atoms with Crippen molar-refractivity contribution in [1.82, 2.24) is 15.5 Å². The predicted molar refractivity (Wildman–Crippen MR) is 129 cm³/mol. The Hall–Kier alpha value is -1.42. The molecule has 0 saturated carbocycles. The molecule has 2 rings (SSSR count). The first-order chi connectivity index (χ1) is 13.4. The van der Waals surface area contributed by atoms with E-state index >= 15 is 0 Å². The highest BCUT2D eigenvalue weighted by atomic mass is 127. The van der Waals surface area contributed by atoms with Crippen LogP contribution in [0.3, 0.4) is 0 Å². The number of halogens is 1. The van der Waals surface area contributed by atoms with Gasteiger partial charge in [-0.25, -0.2) is 0 Å². The number of hydrogen-bond acceptors (Lipinski definition) is 5. The van der Waals surface area contributed by atoms with Gasteiger partial charge in [0.2, 0.25) is 0 Å². The van der Waals surface area contributed by atoms with E-state index in [1.165, 1.54) is 0 Å². The lowest BCUT2D eigenvalue weighted by atomic mass is 10.1. The summed E-state index contributed by atoms with van der Waals surface area (Å²) in [5.74, 6) is 3.65. The van der Waals surface area contributed by atoms with Crippen molar-refractivity contribution in [1.29, 1.82) is 0 Å². The number of methoxy groups -OCH3 is 3. The van der Waals surface area contributed by atoms with E-state index in [-0.39, 0.29) is 24.0 Å². The zero-order chi connectivity index (χ0) is 20.7. The summed E-state index contributed by atoms with van der Waals surface area (Å²) in [5, 5.41) is 7.00. The van der Waals surface area contributed by atoms with Crippen LogP contribution in [0.4, 0.5) is 0 Å². The van der Waals surface area contributed by atoms with E-state index in [1.807, 2.05) is 19.2 Å². The highest BCUT2D eigenvalue weighted by Gasteiger charge is 2.31. The van der Waals surface area contributed by atoms with E-state index in [0.717, 1.165) is 42.5 Å². The molecular formula is C21H37IN4O3. The number of benzene rings is 1. The van der Waals surface area contributed by atoms with Crippen molar-refractivity contribution in [3.63, 3.8) is 0 Å². The van der Waals surface area contributed by atoms with Gasteiger partial charge in [0.25, 0.3) is 0 Å². The molecule has 1 aromatic rings. The van der Waals surface area contributed by atoms with Crippen LogP contribution in [0.5, 0.6) is 17.2 Å². The molecule has 0 aromatic heterocycles. The van der Waals surface area contributed by atoms with Crippen molar-refractivity contribution in [2.24, 2.45) is 10.9 Å². The van der Waals surface area contributed by atoms with E-state index in [1.54, 1.807) is 21.3 Å². The molecule has 8 heteroatoms. The number of aliphatic imine (C=N–C) groups is 1. The number of ether oxygens (including phenoxy) is 3. The molecule has 166 valence electrons. The molecule has 1 aliphatic heterocycles. The summed E-state index contributed by atoms with van der Waals surface area (Å²) in [6.45, 7) is 9.66. The topological polar surface area (TPSA) is 67.4 Å². The van der Waals surface area contributed by atoms with Crippen LogP contribution in [0.25, 0.3) is 0 Å². The molecular weight excluding hydrogens is 483 g/mol. The molecule has 0 aliphatic carbocycles. The van der Waals surface area contributed by atoms with Crippen LogP contribution in [0.1, 0.15) is 26.3 Å². The van der Waals surface area contributed by atoms with E-state index < -0.39 is 0 Å². The molecule has 2 atom stereocenters. The zero-order valence-electron chi connectivity index (χ0n) is 18.7. The van der Waals surface area contributed by atoms with Gasteiger partial charge in [-0.15, -0.1) is 24.0 Å². The number of hydrogen-bond donors (Lipinski definition) is 2. The van der Waals surface area contributed by atoms with Crippen molar-refractivity contribution in [3.05, 3.63) is 17.7 Å². The molecule has 1 fully saturated rings. The lowest BCUT2D eigenvalue weighted by Gasteiger charge is -2.22. The average molecular weight is 520 g/mol. The maximum atomic E-state index is 5.53. The molecule has 7 nitrogen and oxygen atoms in total. The Morgan fingerprint density at radius 3 is 2.21 bits per heavy atom. The second kappa shape index (κ2) is 12.3. The summed E-state index contributed by atoms with van der Waals surface area (Å²) >= 11 is 0. The van der Waals surface area contributed by atoms with Crippen molar-refractivity contribution < 1.29 is 14.2 Å². The highest BCUT2D eigenvalue weighted by Crippen LogP contribution is 2.34. The lowest BCUT2D eigenvalue weighted by molar-refractivity contribution is 0.265. The molecule has 1 heterocycles. The van der Waals surface area contributed by atoms with Crippen molar-refractivity contribution in [2.75, 3.05) is 48.0 Å². The molecule has 1 aliphatic rings. The third-order valence-electron chi connectivity index (χ3n) is 5.40. The van der Waals surface area contributed by atoms with Gasteiger partial charge in [0.1, 0.15) is 17.2 Å². The molecule has 0 amide bonds. The standard InChI is InChI=1S/C21H36N4O3.HI/c1-14(2)25-12-15(3)18(13-25)24-21(22-4)23-9-8-17-19(27-6)10-16(26-5)11-20(17)28-7;/h10-11,14-15,18H,8-9,12-13H2,1-7H3,(H2,22,23,24);1H. The molecule has 1 saturated heterocycles. The summed E-state index contributed by atoms with van der Waals surface area (Å²) in [4.78, 5) is 6.90. The lowest BCUT2D eigenvalue weighted by Crippen LogP contribution is -2.47. The predicted octanol–water partition coefficient (Wildman–Crippen LogP) is 2.77. The molecule has 0 spiro atoms. The summed E-state index contributed by atoms with van der Waals surface area (Å²) in [5.41, 5.74) is 1.01.